The summed E-state index contributed by atoms with van der Waals surface area (Å²) in [6, 6.07) is 5.62. The van der Waals surface area contributed by atoms with Crippen molar-refractivity contribution < 1.29 is 13.5 Å². The molecule has 0 aliphatic heterocycles. The lowest BCUT2D eigenvalue weighted by Gasteiger charge is -2.05. The Balaban J connectivity index is 3.10. The molecule has 0 radical (unpaired) electrons. The highest BCUT2D eigenvalue weighted by Gasteiger charge is 2.22. The van der Waals surface area contributed by atoms with Crippen LogP contribution in [0.3, 0.4) is 0 Å². The first-order valence-corrected chi connectivity index (χ1v) is 6.08. The van der Waals surface area contributed by atoms with Crippen LogP contribution < -0.4 is 0 Å². The lowest BCUT2D eigenvalue weighted by atomic mass is 10.2. The maximum atomic E-state index is 10.8. The van der Waals surface area contributed by atoms with E-state index in [9.17, 15) is 8.42 Å². The molecule has 0 aliphatic rings. The van der Waals surface area contributed by atoms with Gasteiger partial charge in [-0.25, -0.2) is 8.42 Å². The van der Waals surface area contributed by atoms with Gasteiger partial charge in [0, 0.05) is 10.7 Å². The maximum Gasteiger partial charge on any atom is 0.253 e. The van der Waals surface area contributed by atoms with Gasteiger partial charge in [-0.3, -0.25) is 0 Å². The molecule has 0 heterocycles. The van der Waals surface area contributed by atoms with E-state index in [1.807, 2.05) is 0 Å². The molecular formula is C7H6Cl2O3S. The van der Waals surface area contributed by atoms with Crippen molar-refractivity contribution >= 4 is 31.3 Å². The average molecular weight is 241 g/mol. The van der Waals surface area contributed by atoms with Crippen molar-refractivity contribution in [1.29, 1.82) is 0 Å². The minimum absolute atomic E-state index is 0.0523. The molecule has 0 saturated heterocycles. The summed E-state index contributed by atoms with van der Waals surface area (Å²) in [6.07, 6.45) is 0. The van der Waals surface area contributed by atoms with Crippen molar-refractivity contribution in [3.8, 4) is 5.75 Å². The van der Waals surface area contributed by atoms with E-state index >= 15 is 0 Å². The molecule has 0 amide bonds. The zero-order valence-corrected chi connectivity index (χ0v) is 8.64. The molecule has 0 bridgehead atoms. The Bertz CT molecular complexity index is 402. The van der Waals surface area contributed by atoms with E-state index in [1.54, 1.807) is 0 Å². The SMILES string of the molecule is O=S(=O)(Cl)C(Cl)c1cccc(O)c1. The fraction of sp³-hybridized carbons (Fsp3) is 0.143. The molecule has 1 unspecified atom stereocenters. The Hall–Kier alpha value is -0.450. The maximum absolute atomic E-state index is 10.8. The highest BCUT2D eigenvalue weighted by molar-refractivity contribution is 8.14. The Morgan fingerprint density at radius 1 is 1.38 bits per heavy atom. The lowest BCUT2D eigenvalue weighted by molar-refractivity contribution is 0.475. The summed E-state index contributed by atoms with van der Waals surface area (Å²) in [5.41, 5.74) is 0.247. The highest BCUT2D eigenvalue weighted by Crippen LogP contribution is 2.31. The number of aromatic hydroxyl groups is 1. The third kappa shape index (κ3) is 2.76. The second-order valence-electron chi connectivity index (χ2n) is 2.39. The van der Waals surface area contributed by atoms with Gasteiger partial charge in [-0.1, -0.05) is 23.7 Å². The fourth-order valence-electron chi connectivity index (χ4n) is 0.829. The summed E-state index contributed by atoms with van der Waals surface area (Å²) in [5.74, 6) is -0.0523. The summed E-state index contributed by atoms with van der Waals surface area (Å²) in [4.78, 5) is 0. The molecule has 0 spiro atoms. The monoisotopic (exact) mass is 240 g/mol. The van der Waals surface area contributed by atoms with E-state index in [-0.39, 0.29) is 11.3 Å². The van der Waals surface area contributed by atoms with E-state index < -0.39 is 13.8 Å². The molecule has 1 atom stereocenters. The molecule has 0 saturated carbocycles. The van der Waals surface area contributed by atoms with Gasteiger partial charge in [-0.2, -0.15) is 0 Å². The van der Waals surface area contributed by atoms with E-state index in [0.29, 0.717) is 0 Å². The first-order valence-electron chi connectivity index (χ1n) is 3.28. The molecule has 1 aromatic carbocycles. The largest absolute Gasteiger partial charge is 0.508 e. The van der Waals surface area contributed by atoms with Gasteiger partial charge in [-0.15, -0.1) is 0 Å². The zero-order valence-electron chi connectivity index (χ0n) is 6.31. The third-order valence-corrected chi connectivity index (χ3v) is 3.91. The van der Waals surface area contributed by atoms with Gasteiger partial charge in [0.2, 0.25) is 0 Å². The first-order chi connectivity index (χ1) is 5.91. The molecule has 0 fully saturated rings. The predicted octanol–water partition coefficient (Wildman–Crippen LogP) is 2.20. The lowest BCUT2D eigenvalue weighted by Crippen LogP contribution is -1.99. The molecule has 1 N–H and O–H groups in total. The van der Waals surface area contributed by atoms with Crippen LogP contribution in [0.2, 0.25) is 0 Å². The molecular weight excluding hydrogens is 235 g/mol. The minimum atomic E-state index is -3.85. The Morgan fingerprint density at radius 2 is 2.00 bits per heavy atom. The summed E-state index contributed by atoms with van der Waals surface area (Å²) in [7, 11) is 1.18. The van der Waals surface area contributed by atoms with Crippen molar-refractivity contribution in [2.45, 2.75) is 4.71 Å². The second kappa shape index (κ2) is 3.74. The van der Waals surface area contributed by atoms with E-state index in [0.717, 1.165) is 0 Å². The van der Waals surface area contributed by atoms with Crippen LogP contribution in [-0.2, 0) is 9.05 Å². The van der Waals surface area contributed by atoms with E-state index in [2.05, 4.69) is 0 Å². The van der Waals surface area contributed by atoms with Crippen LogP contribution in [0.25, 0.3) is 0 Å². The molecule has 0 aromatic heterocycles. The van der Waals surface area contributed by atoms with Crippen molar-refractivity contribution in [1.82, 2.24) is 0 Å². The van der Waals surface area contributed by atoms with Crippen LogP contribution in [0, 0.1) is 0 Å². The average Bonchev–Trinajstić information content (AvgIpc) is 2.01. The summed E-state index contributed by atoms with van der Waals surface area (Å²) >= 11 is 5.52. The number of phenolic OH excluding ortho intramolecular Hbond substituents is 1. The van der Waals surface area contributed by atoms with Gasteiger partial charge in [0.25, 0.3) is 9.05 Å². The summed E-state index contributed by atoms with van der Waals surface area (Å²) in [5, 5.41) is 9.03. The first kappa shape index (κ1) is 10.6. The van der Waals surface area contributed by atoms with Crippen LogP contribution >= 0.6 is 22.3 Å². The summed E-state index contributed by atoms with van der Waals surface area (Å²) < 4.78 is 20.3. The van der Waals surface area contributed by atoms with Gasteiger partial charge in [-0.05, 0) is 17.7 Å². The number of alkyl halides is 1. The standard InChI is InChI=1S/C7H6Cl2O3S/c8-7(13(9,11)12)5-2-1-3-6(10)4-5/h1-4,7,10H. The van der Waals surface area contributed by atoms with Crippen molar-refractivity contribution in [2.24, 2.45) is 0 Å². The number of hydrogen-bond acceptors (Lipinski definition) is 3. The predicted molar refractivity (Wildman–Crippen MR) is 51.5 cm³/mol. The fourth-order valence-corrected chi connectivity index (χ4v) is 1.74. The highest BCUT2D eigenvalue weighted by atomic mass is 35.7. The second-order valence-corrected chi connectivity index (χ2v) is 5.79. The molecule has 1 rings (SSSR count). The van der Waals surface area contributed by atoms with Gasteiger partial charge in [0.05, 0.1) is 0 Å². The van der Waals surface area contributed by atoms with Crippen LogP contribution in [0.4, 0.5) is 0 Å². The number of halogens is 2. The van der Waals surface area contributed by atoms with Gasteiger partial charge in [0.15, 0.2) is 4.71 Å². The normalized spacial score (nSPS) is 14.0. The van der Waals surface area contributed by atoms with Gasteiger partial charge < -0.3 is 5.11 Å². The molecule has 1 aromatic rings. The molecule has 0 aliphatic carbocycles. The molecule has 3 nitrogen and oxygen atoms in total. The zero-order chi connectivity index (χ0) is 10.1. The van der Waals surface area contributed by atoms with Gasteiger partial charge in [0.1, 0.15) is 5.75 Å². The van der Waals surface area contributed by atoms with Crippen LogP contribution in [0.15, 0.2) is 24.3 Å². The van der Waals surface area contributed by atoms with Crippen molar-refractivity contribution in [3.63, 3.8) is 0 Å². The number of hydrogen-bond donors (Lipinski definition) is 1. The van der Waals surface area contributed by atoms with Gasteiger partial charge >= 0.3 is 0 Å². The molecule has 6 heteroatoms. The Kier molecular flexibility index (Phi) is 3.05. The van der Waals surface area contributed by atoms with Crippen LogP contribution in [-0.4, -0.2) is 13.5 Å². The number of benzene rings is 1. The van der Waals surface area contributed by atoms with E-state index in [1.165, 1.54) is 24.3 Å². The summed E-state index contributed by atoms with van der Waals surface area (Å²) in [6.45, 7) is 0. The molecule has 72 valence electrons. The molecule has 13 heavy (non-hydrogen) atoms. The smallest absolute Gasteiger partial charge is 0.253 e. The van der Waals surface area contributed by atoms with Crippen LogP contribution in [0.1, 0.15) is 10.3 Å². The van der Waals surface area contributed by atoms with Crippen molar-refractivity contribution in [2.75, 3.05) is 0 Å². The minimum Gasteiger partial charge on any atom is -0.508 e. The van der Waals surface area contributed by atoms with Crippen LogP contribution in [0.5, 0.6) is 5.75 Å². The Labute approximate surface area is 85.3 Å². The number of rotatable bonds is 2. The quantitative estimate of drug-likeness (QED) is 0.637. The topological polar surface area (TPSA) is 54.4 Å². The Morgan fingerprint density at radius 3 is 2.46 bits per heavy atom. The number of phenols is 1. The third-order valence-electron chi connectivity index (χ3n) is 1.38. The van der Waals surface area contributed by atoms with Crippen molar-refractivity contribution in [3.05, 3.63) is 29.8 Å². The van der Waals surface area contributed by atoms with E-state index in [4.69, 9.17) is 27.4 Å².